The minimum absolute atomic E-state index is 0.0834. The summed E-state index contributed by atoms with van der Waals surface area (Å²) in [5.74, 6) is -1.73. The number of anilines is 1. The number of halogens is 1. The molecule has 0 aliphatic carbocycles. The summed E-state index contributed by atoms with van der Waals surface area (Å²) >= 11 is 0. The molecule has 1 aliphatic heterocycles. The molecule has 1 fully saturated rings. The zero-order valence-electron chi connectivity index (χ0n) is 19.4. The van der Waals surface area contributed by atoms with Crippen LogP contribution in [0.15, 0.2) is 71.6 Å². The number of ether oxygens (including phenoxy) is 1. The van der Waals surface area contributed by atoms with Gasteiger partial charge in [0, 0.05) is 31.4 Å². The number of rotatable bonds is 6. The summed E-state index contributed by atoms with van der Waals surface area (Å²) in [7, 11) is -2.39. The number of carbonyl (C=O) groups excluding carboxylic acids is 2. The molecule has 0 unspecified atom stereocenters. The topological polar surface area (TPSA) is 84.0 Å². The van der Waals surface area contributed by atoms with Crippen LogP contribution in [-0.2, 0) is 10.0 Å². The molecule has 1 heterocycles. The van der Waals surface area contributed by atoms with Crippen molar-refractivity contribution in [2.24, 2.45) is 0 Å². The van der Waals surface area contributed by atoms with Gasteiger partial charge in [-0.2, -0.15) is 4.31 Å². The maximum absolute atomic E-state index is 14.3. The molecule has 1 amide bonds. The van der Waals surface area contributed by atoms with Gasteiger partial charge in [-0.05, 0) is 74.4 Å². The number of nitrogens with zero attached hydrogens (tertiary/aromatic N) is 2. The van der Waals surface area contributed by atoms with E-state index in [2.05, 4.69) is 0 Å². The predicted octanol–water partition coefficient (Wildman–Crippen LogP) is 4.41. The Labute approximate surface area is 203 Å². The standard InChI is InChI=1S/C26H25FN2O5S/c1-18-5-7-19(8-6-18)25(30)28(2)21-10-12-22(13-11-21)34-26(31)20-9-14-23(27)24(17-20)35(32,33)29-15-3-4-16-29/h5-14,17H,3-4,15-16H2,1-2H3. The second-order valence-corrected chi connectivity index (χ2v) is 10.3. The van der Waals surface area contributed by atoms with Crippen LogP contribution in [0.1, 0.15) is 39.1 Å². The van der Waals surface area contributed by atoms with Crippen molar-refractivity contribution in [3.8, 4) is 5.75 Å². The molecule has 3 aromatic rings. The van der Waals surface area contributed by atoms with Gasteiger partial charge >= 0.3 is 5.97 Å². The molecule has 35 heavy (non-hydrogen) atoms. The average molecular weight is 497 g/mol. The third-order valence-corrected chi connectivity index (χ3v) is 7.80. The largest absolute Gasteiger partial charge is 0.423 e. The van der Waals surface area contributed by atoms with E-state index in [0.717, 1.165) is 17.7 Å². The normalized spacial score (nSPS) is 14.0. The molecule has 0 atom stereocenters. The minimum atomic E-state index is -4.03. The van der Waals surface area contributed by atoms with Gasteiger partial charge in [0.25, 0.3) is 5.91 Å². The molecule has 182 valence electrons. The Kier molecular flexibility index (Phi) is 7.00. The summed E-state index contributed by atoms with van der Waals surface area (Å²) in [6.07, 6.45) is 1.43. The SMILES string of the molecule is Cc1ccc(C(=O)N(C)c2ccc(OC(=O)c3ccc(F)c(S(=O)(=O)N4CCCC4)c3)cc2)cc1. The molecule has 0 bridgehead atoms. The summed E-state index contributed by atoms with van der Waals surface area (Å²) in [6.45, 7) is 2.59. The van der Waals surface area contributed by atoms with E-state index < -0.39 is 26.7 Å². The van der Waals surface area contributed by atoms with Crippen LogP contribution >= 0.6 is 0 Å². The highest BCUT2D eigenvalue weighted by Gasteiger charge is 2.30. The fraction of sp³-hybridized carbons (Fsp3) is 0.231. The van der Waals surface area contributed by atoms with E-state index in [-0.39, 0.29) is 17.2 Å². The van der Waals surface area contributed by atoms with Crippen LogP contribution in [0.3, 0.4) is 0 Å². The van der Waals surface area contributed by atoms with Gasteiger partial charge in [0.1, 0.15) is 16.5 Å². The van der Waals surface area contributed by atoms with Crippen LogP contribution in [0, 0.1) is 12.7 Å². The molecule has 1 saturated heterocycles. The van der Waals surface area contributed by atoms with Crippen molar-refractivity contribution in [2.75, 3.05) is 25.0 Å². The average Bonchev–Trinajstić information content (AvgIpc) is 3.40. The highest BCUT2D eigenvalue weighted by molar-refractivity contribution is 7.89. The smallest absolute Gasteiger partial charge is 0.343 e. The highest BCUT2D eigenvalue weighted by atomic mass is 32.2. The summed E-state index contributed by atoms with van der Waals surface area (Å²) in [5, 5.41) is 0. The molecule has 0 aromatic heterocycles. The van der Waals surface area contributed by atoms with E-state index in [4.69, 9.17) is 4.74 Å². The number of hydrogen-bond donors (Lipinski definition) is 0. The Morgan fingerprint density at radius 3 is 2.14 bits per heavy atom. The highest BCUT2D eigenvalue weighted by Crippen LogP contribution is 2.26. The van der Waals surface area contributed by atoms with Gasteiger partial charge in [-0.25, -0.2) is 17.6 Å². The zero-order valence-corrected chi connectivity index (χ0v) is 20.2. The van der Waals surface area contributed by atoms with Gasteiger partial charge in [0.05, 0.1) is 5.56 Å². The Hall–Kier alpha value is -3.56. The summed E-state index contributed by atoms with van der Waals surface area (Å²) < 4.78 is 46.4. The Balaban J connectivity index is 1.48. The molecular weight excluding hydrogens is 471 g/mol. The summed E-state index contributed by atoms with van der Waals surface area (Å²) in [6, 6.07) is 16.7. The van der Waals surface area contributed by atoms with Crippen molar-refractivity contribution in [1.82, 2.24) is 4.31 Å². The maximum atomic E-state index is 14.3. The van der Waals surface area contributed by atoms with Gasteiger partial charge in [0.2, 0.25) is 10.0 Å². The Morgan fingerprint density at radius 1 is 0.914 bits per heavy atom. The fourth-order valence-corrected chi connectivity index (χ4v) is 5.41. The minimum Gasteiger partial charge on any atom is -0.423 e. The van der Waals surface area contributed by atoms with Crippen LogP contribution in [0.5, 0.6) is 5.75 Å². The maximum Gasteiger partial charge on any atom is 0.343 e. The first kappa shape index (κ1) is 24.6. The molecule has 0 N–H and O–H groups in total. The van der Waals surface area contributed by atoms with Gasteiger partial charge in [-0.3, -0.25) is 4.79 Å². The third-order valence-electron chi connectivity index (χ3n) is 5.89. The van der Waals surface area contributed by atoms with Crippen molar-refractivity contribution < 1.29 is 27.1 Å². The summed E-state index contributed by atoms with van der Waals surface area (Å²) in [4.78, 5) is 26.3. The number of hydrogen-bond acceptors (Lipinski definition) is 5. The number of carbonyl (C=O) groups is 2. The monoisotopic (exact) mass is 496 g/mol. The number of aryl methyl sites for hydroxylation is 1. The van der Waals surface area contributed by atoms with E-state index in [0.29, 0.717) is 37.2 Å². The van der Waals surface area contributed by atoms with Crippen LogP contribution in [-0.4, -0.2) is 44.7 Å². The van der Waals surface area contributed by atoms with E-state index in [1.165, 1.54) is 27.4 Å². The lowest BCUT2D eigenvalue weighted by molar-refractivity contribution is 0.0734. The lowest BCUT2D eigenvalue weighted by Crippen LogP contribution is -2.29. The fourth-order valence-electron chi connectivity index (χ4n) is 3.81. The van der Waals surface area contributed by atoms with Gasteiger partial charge in [-0.15, -0.1) is 0 Å². The van der Waals surface area contributed by atoms with Crippen LogP contribution in [0.2, 0.25) is 0 Å². The van der Waals surface area contributed by atoms with E-state index in [9.17, 15) is 22.4 Å². The third kappa shape index (κ3) is 5.26. The molecule has 0 spiro atoms. The number of amides is 1. The lowest BCUT2D eigenvalue weighted by atomic mass is 10.1. The molecule has 7 nitrogen and oxygen atoms in total. The van der Waals surface area contributed by atoms with E-state index in [1.807, 2.05) is 19.1 Å². The Bertz CT molecular complexity index is 1350. The Morgan fingerprint density at radius 2 is 1.51 bits per heavy atom. The van der Waals surface area contributed by atoms with Gasteiger partial charge in [0.15, 0.2) is 0 Å². The lowest BCUT2D eigenvalue weighted by Gasteiger charge is -2.18. The first-order valence-electron chi connectivity index (χ1n) is 11.1. The zero-order chi connectivity index (χ0) is 25.2. The number of esters is 1. The number of sulfonamides is 1. The summed E-state index contributed by atoms with van der Waals surface area (Å²) in [5.41, 5.74) is 2.11. The first-order chi connectivity index (χ1) is 16.7. The molecule has 9 heteroatoms. The second kappa shape index (κ2) is 9.97. The van der Waals surface area contributed by atoms with Crippen molar-refractivity contribution >= 4 is 27.6 Å². The van der Waals surface area contributed by atoms with Crippen molar-refractivity contribution in [2.45, 2.75) is 24.7 Å². The van der Waals surface area contributed by atoms with E-state index >= 15 is 0 Å². The van der Waals surface area contributed by atoms with Crippen LogP contribution in [0.4, 0.5) is 10.1 Å². The van der Waals surface area contributed by atoms with E-state index in [1.54, 1.807) is 31.3 Å². The van der Waals surface area contributed by atoms with Crippen molar-refractivity contribution in [1.29, 1.82) is 0 Å². The van der Waals surface area contributed by atoms with Crippen LogP contribution < -0.4 is 9.64 Å². The van der Waals surface area contributed by atoms with Gasteiger partial charge < -0.3 is 9.64 Å². The molecule has 0 saturated carbocycles. The van der Waals surface area contributed by atoms with Crippen molar-refractivity contribution in [3.63, 3.8) is 0 Å². The number of benzene rings is 3. The molecule has 3 aromatic carbocycles. The first-order valence-corrected chi connectivity index (χ1v) is 12.6. The molecule has 0 radical (unpaired) electrons. The molecule has 1 aliphatic rings. The molecular formula is C26H25FN2O5S. The van der Waals surface area contributed by atoms with Crippen molar-refractivity contribution in [3.05, 3.63) is 89.2 Å². The van der Waals surface area contributed by atoms with Gasteiger partial charge in [-0.1, -0.05) is 17.7 Å². The quantitative estimate of drug-likeness (QED) is 0.373. The van der Waals surface area contributed by atoms with Crippen LogP contribution in [0.25, 0.3) is 0 Å². The molecule has 4 rings (SSSR count). The second-order valence-electron chi connectivity index (χ2n) is 8.37. The predicted molar refractivity (Wildman–Crippen MR) is 130 cm³/mol.